The van der Waals surface area contributed by atoms with E-state index in [9.17, 15) is 27.2 Å². The van der Waals surface area contributed by atoms with Crippen LogP contribution in [0, 0.1) is 5.82 Å². The van der Waals surface area contributed by atoms with Gasteiger partial charge in [-0.2, -0.15) is 0 Å². The van der Waals surface area contributed by atoms with Crippen molar-refractivity contribution in [3.05, 3.63) is 54.3 Å². The average Bonchev–Trinajstić information content (AvgIpc) is 2.95. The Hall–Kier alpha value is -3.30. The maximum Gasteiger partial charge on any atom is 0.573 e. The Labute approximate surface area is 157 Å². The molecule has 1 aliphatic rings. The Kier molecular flexibility index (Phi) is 5.39. The van der Waals surface area contributed by atoms with E-state index in [-0.39, 0.29) is 24.6 Å². The Morgan fingerprint density at radius 2 is 1.86 bits per heavy atom. The molecule has 0 saturated carbocycles. The van der Waals surface area contributed by atoms with Gasteiger partial charge in [0.1, 0.15) is 11.6 Å². The summed E-state index contributed by atoms with van der Waals surface area (Å²) < 4.78 is 53.5. The van der Waals surface area contributed by atoms with Crippen molar-refractivity contribution >= 4 is 23.3 Å². The van der Waals surface area contributed by atoms with Crippen molar-refractivity contribution in [1.82, 2.24) is 5.32 Å². The molecule has 3 amide bonds. The highest BCUT2D eigenvalue weighted by Gasteiger charge is 2.32. The molecule has 1 saturated heterocycles. The second kappa shape index (κ2) is 7.75. The van der Waals surface area contributed by atoms with E-state index in [1.54, 1.807) is 6.07 Å². The number of carbonyl (C=O) groups excluding carboxylic acids is 2. The highest BCUT2D eigenvalue weighted by Crippen LogP contribution is 2.24. The van der Waals surface area contributed by atoms with E-state index >= 15 is 0 Å². The summed E-state index contributed by atoms with van der Waals surface area (Å²) >= 11 is 0. The van der Waals surface area contributed by atoms with Crippen molar-refractivity contribution < 1.29 is 31.9 Å². The first-order valence-electron chi connectivity index (χ1n) is 8.19. The molecule has 1 aliphatic heterocycles. The Morgan fingerprint density at radius 1 is 1.14 bits per heavy atom. The van der Waals surface area contributed by atoms with Crippen LogP contribution in [0.4, 0.5) is 33.7 Å². The fourth-order valence-electron chi connectivity index (χ4n) is 2.79. The molecule has 0 aliphatic carbocycles. The summed E-state index contributed by atoms with van der Waals surface area (Å²) in [6, 6.07) is 9.07. The lowest BCUT2D eigenvalue weighted by molar-refractivity contribution is -0.274. The number of hydrogen-bond donors (Lipinski definition) is 2. The highest BCUT2D eigenvalue weighted by atomic mass is 19.4. The summed E-state index contributed by atoms with van der Waals surface area (Å²) in [5.74, 6) is -1.15. The van der Waals surface area contributed by atoms with Gasteiger partial charge in [-0.05, 0) is 42.5 Å². The van der Waals surface area contributed by atoms with Crippen LogP contribution in [0.1, 0.15) is 6.42 Å². The number of alkyl halides is 3. The minimum absolute atomic E-state index is 0.0439. The minimum atomic E-state index is -4.80. The smallest absolute Gasteiger partial charge is 0.406 e. The van der Waals surface area contributed by atoms with Crippen LogP contribution in [0.15, 0.2) is 48.5 Å². The van der Waals surface area contributed by atoms with Gasteiger partial charge in [0, 0.05) is 24.3 Å². The number of halogens is 4. The number of urea groups is 1. The van der Waals surface area contributed by atoms with E-state index in [1.807, 2.05) is 0 Å². The predicted octanol–water partition coefficient (Wildman–Crippen LogP) is 3.65. The Morgan fingerprint density at radius 3 is 2.50 bits per heavy atom. The molecule has 1 fully saturated rings. The van der Waals surface area contributed by atoms with E-state index < -0.39 is 30.0 Å². The molecule has 3 rings (SSSR count). The summed E-state index contributed by atoms with van der Waals surface area (Å²) in [4.78, 5) is 25.5. The zero-order chi connectivity index (χ0) is 20.3. The van der Waals surface area contributed by atoms with Crippen LogP contribution in [-0.2, 0) is 4.79 Å². The largest absolute Gasteiger partial charge is 0.573 e. The topological polar surface area (TPSA) is 70.7 Å². The van der Waals surface area contributed by atoms with Gasteiger partial charge in [-0.15, -0.1) is 13.2 Å². The first-order chi connectivity index (χ1) is 13.2. The van der Waals surface area contributed by atoms with Gasteiger partial charge in [0.25, 0.3) is 0 Å². The number of rotatable bonds is 4. The number of hydrogen-bond acceptors (Lipinski definition) is 3. The summed E-state index contributed by atoms with van der Waals surface area (Å²) in [7, 11) is 0. The molecule has 1 heterocycles. The molecule has 6 nitrogen and oxygen atoms in total. The number of carbonyl (C=O) groups is 2. The monoisotopic (exact) mass is 397 g/mol. The third kappa shape index (κ3) is 5.12. The average molecular weight is 397 g/mol. The zero-order valence-electron chi connectivity index (χ0n) is 14.3. The molecule has 2 aromatic carbocycles. The quantitative estimate of drug-likeness (QED) is 0.774. The van der Waals surface area contributed by atoms with Crippen molar-refractivity contribution in [3.63, 3.8) is 0 Å². The lowest BCUT2D eigenvalue weighted by Gasteiger charge is -2.17. The van der Waals surface area contributed by atoms with Crippen LogP contribution < -0.4 is 20.3 Å². The summed E-state index contributed by atoms with van der Waals surface area (Å²) in [5, 5.41) is 5.07. The molecule has 0 aromatic heterocycles. The fraction of sp³-hybridized carbons (Fsp3) is 0.222. The lowest BCUT2D eigenvalue weighted by atomic mass is 10.2. The van der Waals surface area contributed by atoms with Gasteiger partial charge in [-0.1, -0.05) is 6.07 Å². The van der Waals surface area contributed by atoms with Crippen molar-refractivity contribution in [1.29, 1.82) is 0 Å². The number of amides is 3. The van der Waals surface area contributed by atoms with Crippen LogP contribution in [0.5, 0.6) is 5.75 Å². The van der Waals surface area contributed by atoms with Crippen LogP contribution in [0.25, 0.3) is 0 Å². The molecule has 1 atom stereocenters. The normalized spacial score (nSPS) is 16.8. The third-order valence-corrected chi connectivity index (χ3v) is 3.93. The predicted molar refractivity (Wildman–Crippen MR) is 92.4 cm³/mol. The van der Waals surface area contributed by atoms with E-state index in [2.05, 4.69) is 15.4 Å². The summed E-state index contributed by atoms with van der Waals surface area (Å²) in [6.45, 7) is 0.175. The molecule has 2 aromatic rings. The van der Waals surface area contributed by atoms with Gasteiger partial charge in [0.05, 0.1) is 6.04 Å². The lowest BCUT2D eigenvalue weighted by Crippen LogP contribution is -2.39. The minimum Gasteiger partial charge on any atom is -0.406 e. The molecule has 0 spiro atoms. The van der Waals surface area contributed by atoms with Gasteiger partial charge in [-0.25, -0.2) is 9.18 Å². The number of ether oxygens (including phenoxy) is 1. The SMILES string of the molecule is O=C(Nc1ccc(OC(F)(F)F)cc1)NC1CC(=O)N(c2cccc(F)c2)C1. The fourth-order valence-corrected chi connectivity index (χ4v) is 2.79. The third-order valence-electron chi connectivity index (χ3n) is 3.93. The van der Waals surface area contributed by atoms with E-state index in [0.717, 1.165) is 12.1 Å². The second-order valence-electron chi connectivity index (χ2n) is 6.06. The van der Waals surface area contributed by atoms with E-state index in [1.165, 1.54) is 35.2 Å². The number of nitrogens with one attached hydrogen (secondary N) is 2. The molecule has 1 unspecified atom stereocenters. The van der Waals surface area contributed by atoms with Crippen LogP contribution >= 0.6 is 0 Å². The maximum absolute atomic E-state index is 13.3. The van der Waals surface area contributed by atoms with Crippen LogP contribution in [0.3, 0.4) is 0 Å². The molecular weight excluding hydrogens is 382 g/mol. The van der Waals surface area contributed by atoms with Crippen molar-refractivity contribution in [3.8, 4) is 5.75 Å². The number of anilines is 2. The van der Waals surface area contributed by atoms with Crippen LogP contribution in [0.2, 0.25) is 0 Å². The number of nitrogens with zero attached hydrogens (tertiary/aromatic N) is 1. The number of benzene rings is 2. The molecule has 0 bridgehead atoms. The Balaban J connectivity index is 1.54. The van der Waals surface area contributed by atoms with Gasteiger partial charge in [0.2, 0.25) is 5.91 Å². The Bertz CT molecular complexity index is 871. The van der Waals surface area contributed by atoms with E-state index in [0.29, 0.717) is 5.69 Å². The van der Waals surface area contributed by atoms with Crippen molar-refractivity contribution in [2.45, 2.75) is 18.8 Å². The van der Waals surface area contributed by atoms with Gasteiger partial charge < -0.3 is 20.3 Å². The standard InChI is InChI=1S/C18H15F4N3O3/c19-11-2-1-3-14(8-11)25-10-13(9-16(25)26)24-17(27)23-12-4-6-15(7-5-12)28-18(20,21)22/h1-8,13H,9-10H2,(H2,23,24,27). The molecule has 148 valence electrons. The zero-order valence-corrected chi connectivity index (χ0v) is 14.3. The summed E-state index contributed by atoms with van der Waals surface area (Å²) in [6.07, 6.45) is -4.75. The van der Waals surface area contributed by atoms with Crippen LogP contribution in [-0.4, -0.2) is 30.9 Å². The highest BCUT2D eigenvalue weighted by molar-refractivity contribution is 5.97. The first kappa shape index (κ1) is 19.5. The summed E-state index contributed by atoms with van der Waals surface area (Å²) in [5.41, 5.74) is 0.647. The second-order valence-corrected chi connectivity index (χ2v) is 6.06. The van der Waals surface area contributed by atoms with Crippen molar-refractivity contribution in [2.24, 2.45) is 0 Å². The van der Waals surface area contributed by atoms with Crippen molar-refractivity contribution in [2.75, 3.05) is 16.8 Å². The van der Waals surface area contributed by atoms with Gasteiger partial charge in [0.15, 0.2) is 0 Å². The molecule has 10 heteroatoms. The molecule has 28 heavy (non-hydrogen) atoms. The van der Waals surface area contributed by atoms with E-state index in [4.69, 9.17) is 0 Å². The molecule has 2 N–H and O–H groups in total. The maximum atomic E-state index is 13.3. The molecular formula is C18H15F4N3O3. The molecule has 0 radical (unpaired) electrons. The first-order valence-corrected chi connectivity index (χ1v) is 8.19. The van der Waals surface area contributed by atoms with Gasteiger partial charge >= 0.3 is 12.4 Å². The van der Waals surface area contributed by atoms with Gasteiger partial charge in [-0.3, -0.25) is 4.79 Å².